The summed E-state index contributed by atoms with van der Waals surface area (Å²) in [5.41, 5.74) is 1.75. The first-order chi connectivity index (χ1) is 15.2. The van der Waals surface area contributed by atoms with Crippen LogP contribution in [0.15, 0.2) is 48.5 Å². The quantitative estimate of drug-likeness (QED) is 0.294. The molecule has 2 atom stereocenters. The Morgan fingerprint density at radius 2 is 1.73 bits per heavy atom. The Labute approximate surface area is 199 Å². The van der Waals surface area contributed by atoms with E-state index in [0.29, 0.717) is 25.2 Å². The van der Waals surface area contributed by atoms with Crippen molar-refractivity contribution in [1.29, 1.82) is 0 Å². The molecular formula is C25H37FO5SSi. The maximum atomic E-state index is 13.9. The highest BCUT2D eigenvalue weighted by atomic mass is 32.2. The van der Waals surface area contributed by atoms with E-state index in [1.165, 1.54) is 12.1 Å². The second kappa shape index (κ2) is 11.1. The van der Waals surface area contributed by atoms with Crippen LogP contribution in [0.4, 0.5) is 4.39 Å². The third-order valence-electron chi connectivity index (χ3n) is 6.43. The van der Waals surface area contributed by atoms with Crippen LogP contribution in [0.3, 0.4) is 0 Å². The molecule has 2 rings (SSSR count). The third kappa shape index (κ3) is 8.85. The molecule has 0 radical (unpaired) electrons. The second-order valence-electron chi connectivity index (χ2n) is 10.2. The molecule has 0 aliphatic heterocycles. The van der Waals surface area contributed by atoms with Crippen molar-refractivity contribution in [3.05, 3.63) is 65.5 Å². The highest BCUT2D eigenvalue weighted by molar-refractivity contribution is 7.85. The van der Waals surface area contributed by atoms with Gasteiger partial charge in [0, 0.05) is 18.1 Å². The monoisotopic (exact) mass is 496 g/mol. The summed E-state index contributed by atoms with van der Waals surface area (Å²) in [6.45, 7) is 12.8. The molecule has 0 spiro atoms. The molecule has 0 aromatic heterocycles. The van der Waals surface area contributed by atoms with E-state index in [4.69, 9.17) is 9.16 Å². The summed E-state index contributed by atoms with van der Waals surface area (Å²) in [7, 11) is -6.32. The van der Waals surface area contributed by atoms with E-state index in [0.717, 1.165) is 11.1 Å². The third-order valence-corrected chi connectivity index (χ3v) is 11.8. The molecule has 2 aromatic carbocycles. The summed E-state index contributed by atoms with van der Waals surface area (Å²) >= 11 is 0. The van der Waals surface area contributed by atoms with E-state index < -0.39 is 30.2 Å². The molecule has 0 bridgehead atoms. The van der Waals surface area contributed by atoms with Crippen LogP contribution in [0.2, 0.25) is 18.1 Å². The van der Waals surface area contributed by atoms with Crippen LogP contribution in [0.25, 0.3) is 0 Å². The predicted molar refractivity (Wildman–Crippen MR) is 133 cm³/mol. The fraction of sp³-hybridized carbons (Fsp3) is 0.520. The largest absolute Gasteiger partial charge is 0.489 e. The minimum Gasteiger partial charge on any atom is -0.489 e. The van der Waals surface area contributed by atoms with Crippen molar-refractivity contribution in [2.45, 2.75) is 71.4 Å². The fourth-order valence-electron chi connectivity index (χ4n) is 3.41. The standard InChI is InChI=1S/C25H37FO5SSi/c1-19(31-33(5,6)25(2,3)4)22(18-32(27,28)29)13-12-21-14-15-23(26)16-24(21)30-17-20-10-8-7-9-11-20/h7-11,14-16,19,22H,12-13,17-18H2,1-6H3,(H,27,28,29)/t19-,22+/m0/s1. The van der Waals surface area contributed by atoms with Gasteiger partial charge in [-0.1, -0.05) is 57.2 Å². The topological polar surface area (TPSA) is 72.8 Å². The lowest BCUT2D eigenvalue weighted by molar-refractivity contribution is 0.138. The lowest BCUT2D eigenvalue weighted by Gasteiger charge is -2.40. The van der Waals surface area contributed by atoms with Crippen LogP contribution in [-0.4, -0.2) is 33.1 Å². The number of hydrogen-bond acceptors (Lipinski definition) is 4. The Kier molecular flexibility index (Phi) is 9.27. The van der Waals surface area contributed by atoms with Gasteiger partial charge < -0.3 is 9.16 Å². The van der Waals surface area contributed by atoms with Crippen LogP contribution in [0.5, 0.6) is 5.75 Å². The highest BCUT2D eigenvalue weighted by Gasteiger charge is 2.40. The predicted octanol–water partition coefficient (Wildman–Crippen LogP) is 6.25. The number of rotatable bonds is 11. The molecule has 2 aromatic rings. The number of aryl methyl sites for hydroxylation is 1. The SMILES string of the molecule is C[C@H](O[Si](C)(C)C(C)(C)C)[C@H](CCc1ccc(F)cc1OCc1ccccc1)CS(=O)(=O)O. The Bertz CT molecular complexity index is 1000. The molecule has 0 fully saturated rings. The van der Waals surface area contributed by atoms with E-state index in [9.17, 15) is 17.4 Å². The number of hydrogen-bond donors (Lipinski definition) is 1. The van der Waals surface area contributed by atoms with Gasteiger partial charge in [-0.15, -0.1) is 0 Å². The normalized spacial score (nSPS) is 14.7. The lowest BCUT2D eigenvalue weighted by Crippen LogP contribution is -2.45. The summed E-state index contributed by atoms with van der Waals surface area (Å²) in [4.78, 5) is 0. The summed E-state index contributed by atoms with van der Waals surface area (Å²) in [6.07, 6.45) is 0.556. The van der Waals surface area contributed by atoms with Gasteiger partial charge in [0.1, 0.15) is 18.2 Å². The van der Waals surface area contributed by atoms with Gasteiger partial charge >= 0.3 is 0 Å². The van der Waals surface area contributed by atoms with Crippen molar-refractivity contribution in [2.75, 3.05) is 5.75 Å². The van der Waals surface area contributed by atoms with Gasteiger partial charge in [0.05, 0.1) is 5.75 Å². The molecule has 8 heteroatoms. The summed E-state index contributed by atoms with van der Waals surface area (Å²) < 4.78 is 59.2. The molecule has 0 saturated heterocycles. The van der Waals surface area contributed by atoms with Crippen molar-refractivity contribution in [3.8, 4) is 5.75 Å². The molecular weight excluding hydrogens is 459 g/mol. The van der Waals surface area contributed by atoms with Gasteiger partial charge in [0.2, 0.25) is 0 Å². The van der Waals surface area contributed by atoms with Crippen LogP contribution in [0, 0.1) is 11.7 Å². The van der Waals surface area contributed by atoms with Crippen LogP contribution in [0.1, 0.15) is 45.2 Å². The minimum absolute atomic E-state index is 0.0285. The summed E-state index contributed by atoms with van der Waals surface area (Å²) in [5, 5.41) is -0.0285. The van der Waals surface area contributed by atoms with E-state index in [-0.39, 0.29) is 16.9 Å². The van der Waals surface area contributed by atoms with Crippen LogP contribution in [-0.2, 0) is 27.6 Å². The van der Waals surface area contributed by atoms with Crippen LogP contribution < -0.4 is 4.74 Å². The van der Waals surface area contributed by atoms with Gasteiger partial charge in [-0.3, -0.25) is 4.55 Å². The molecule has 0 unspecified atom stereocenters. The zero-order chi connectivity index (χ0) is 24.9. The van der Waals surface area contributed by atoms with Crippen LogP contribution >= 0.6 is 0 Å². The van der Waals surface area contributed by atoms with Crippen molar-refractivity contribution < 1.29 is 26.5 Å². The Morgan fingerprint density at radius 1 is 1.09 bits per heavy atom. The van der Waals surface area contributed by atoms with Gasteiger partial charge in [-0.25, -0.2) is 4.39 Å². The first-order valence-electron chi connectivity index (χ1n) is 11.3. The van der Waals surface area contributed by atoms with E-state index in [1.807, 2.05) is 37.3 Å². The minimum atomic E-state index is -4.18. The first kappa shape index (κ1) is 27.5. The zero-order valence-corrected chi connectivity index (χ0v) is 22.3. The van der Waals surface area contributed by atoms with Crippen molar-refractivity contribution in [3.63, 3.8) is 0 Å². The second-order valence-corrected chi connectivity index (χ2v) is 16.4. The Morgan fingerprint density at radius 3 is 2.30 bits per heavy atom. The number of ether oxygens (including phenoxy) is 1. The highest BCUT2D eigenvalue weighted by Crippen LogP contribution is 2.38. The molecule has 5 nitrogen and oxygen atoms in total. The van der Waals surface area contributed by atoms with Crippen molar-refractivity contribution in [2.24, 2.45) is 5.92 Å². The average molecular weight is 497 g/mol. The maximum Gasteiger partial charge on any atom is 0.265 e. The van der Waals surface area contributed by atoms with Gasteiger partial charge in [0.25, 0.3) is 10.1 Å². The number of benzene rings is 2. The molecule has 0 heterocycles. The van der Waals surface area contributed by atoms with E-state index >= 15 is 0 Å². The van der Waals surface area contributed by atoms with Gasteiger partial charge in [-0.2, -0.15) is 8.42 Å². The van der Waals surface area contributed by atoms with Crippen molar-refractivity contribution in [1.82, 2.24) is 0 Å². The first-order valence-corrected chi connectivity index (χ1v) is 15.8. The Hall–Kier alpha value is -1.74. The van der Waals surface area contributed by atoms with E-state index in [1.54, 1.807) is 6.07 Å². The maximum absolute atomic E-state index is 13.9. The molecule has 1 N–H and O–H groups in total. The smallest absolute Gasteiger partial charge is 0.265 e. The molecule has 0 amide bonds. The fourth-order valence-corrected chi connectivity index (χ4v) is 5.86. The van der Waals surface area contributed by atoms with Gasteiger partial charge in [0.15, 0.2) is 8.32 Å². The molecule has 33 heavy (non-hydrogen) atoms. The molecule has 0 aliphatic rings. The molecule has 0 saturated carbocycles. The lowest BCUT2D eigenvalue weighted by atomic mass is 9.96. The molecule has 184 valence electrons. The van der Waals surface area contributed by atoms with Crippen molar-refractivity contribution >= 4 is 18.4 Å². The van der Waals surface area contributed by atoms with E-state index in [2.05, 4.69) is 33.9 Å². The molecule has 0 aliphatic carbocycles. The Balaban J connectivity index is 2.17. The summed E-state index contributed by atoms with van der Waals surface area (Å²) in [6, 6.07) is 14.0. The number of halogens is 1. The summed E-state index contributed by atoms with van der Waals surface area (Å²) in [5.74, 6) is -0.765. The van der Waals surface area contributed by atoms with Gasteiger partial charge in [-0.05, 0) is 55.1 Å². The average Bonchev–Trinajstić information content (AvgIpc) is 2.69. The zero-order valence-electron chi connectivity index (χ0n) is 20.5.